The number of ether oxygens (including phenoxy) is 3. The molecule has 0 unspecified atom stereocenters. The van der Waals surface area contributed by atoms with Crippen molar-refractivity contribution in [1.29, 1.82) is 0 Å². The van der Waals surface area contributed by atoms with Gasteiger partial charge >= 0.3 is 6.09 Å². The van der Waals surface area contributed by atoms with Crippen molar-refractivity contribution in [1.82, 2.24) is 25.2 Å². The summed E-state index contributed by atoms with van der Waals surface area (Å²) in [4.78, 5) is 65.1. The summed E-state index contributed by atoms with van der Waals surface area (Å²) < 4.78 is 73.9. The Morgan fingerprint density at radius 1 is 1.05 bits per heavy atom. The molecule has 334 valence electrons. The zero-order chi connectivity index (χ0) is 44.1. The smallest absolute Gasteiger partial charge is 0.408 e. The fourth-order valence-electron chi connectivity index (χ4n) is 8.53. The number of carbonyl (C=O) groups excluding carboxylic acids is 4. The molecule has 18 heteroatoms. The maximum atomic E-state index is 14.9. The molecule has 0 radical (unpaired) electrons. The summed E-state index contributed by atoms with van der Waals surface area (Å²) in [6.07, 6.45) is 6.01. The summed E-state index contributed by atoms with van der Waals surface area (Å²) in [5, 5.41) is 7.03. The van der Waals surface area contributed by atoms with Crippen LogP contribution in [0.15, 0.2) is 42.6 Å². The Morgan fingerprint density at radius 3 is 2.41 bits per heavy atom. The Labute approximate surface area is 355 Å². The van der Waals surface area contributed by atoms with Crippen molar-refractivity contribution in [3.05, 3.63) is 42.6 Å². The van der Waals surface area contributed by atoms with Crippen LogP contribution in [0.5, 0.6) is 5.88 Å². The van der Waals surface area contributed by atoms with Gasteiger partial charge in [-0.2, -0.15) is 0 Å². The van der Waals surface area contributed by atoms with Crippen molar-refractivity contribution >= 4 is 50.3 Å². The van der Waals surface area contributed by atoms with Crippen molar-refractivity contribution in [2.75, 3.05) is 37.7 Å². The number of sulfonamides is 1. The highest BCUT2D eigenvalue weighted by Gasteiger charge is 2.63. The molecule has 15 nitrogen and oxygen atoms in total. The van der Waals surface area contributed by atoms with E-state index in [1.165, 1.54) is 4.90 Å². The number of carbonyl (C=O) groups is 4. The number of fused-ring (bicyclic) bond motifs is 3. The summed E-state index contributed by atoms with van der Waals surface area (Å²) in [7, 11) is -4.06. The van der Waals surface area contributed by atoms with Crippen LogP contribution in [-0.2, 0) is 33.9 Å². The first-order valence-corrected chi connectivity index (χ1v) is 22.7. The Hall–Kier alpha value is -4.58. The molecular formula is C43H58F2N6O9S. The highest BCUT2D eigenvalue weighted by Crippen LogP contribution is 2.48. The zero-order valence-electron chi connectivity index (χ0n) is 35.7. The molecule has 7 rings (SSSR count). The second-order valence-electron chi connectivity index (χ2n) is 18.5. The molecule has 4 amide bonds. The lowest BCUT2D eigenvalue weighted by Crippen LogP contribution is -2.59. The minimum absolute atomic E-state index is 0.0241. The van der Waals surface area contributed by atoms with Crippen LogP contribution in [0.3, 0.4) is 0 Å². The van der Waals surface area contributed by atoms with E-state index >= 15 is 0 Å². The molecule has 1 aromatic carbocycles. The van der Waals surface area contributed by atoms with Crippen LogP contribution in [0.2, 0.25) is 0 Å². The predicted molar refractivity (Wildman–Crippen MR) is 222 cm³/mol. The van der Waals surface area contributed by atoms with E-state index in [0.717, 1.165) is 24.9 Å². The Balaban J connectivity index is 1.22. The molecule has 4 heterocycles. The van der Waals surface area contributed by atoms with E-state index in [-0.39, 0.29) is 31.2 Å². The number of morpholine rings is 1. The molecular weight excluding hydrogens is 815 g/mol. The van der Waals surface area contributed by atoms with Gasteiger partial charge in [0.15, 0.2) is 5.60 Å². The minimum atomic E-state index is -4.06. The van der Waals surface area contributed by atoms with Crippen molar-refractivity contribution in [3.8, 4) is 5.88 Å². The number of halogens is 2. The van der Waals surface area contributed by atoms with Gasteiger partial charge in [-0.15, -0.1) is 0 Å². The van der Waals surface area contributed by atoms with Gasteiger partial charge in [-0.25, -0.2) is 27.0 Å². The maximum Gasteiger partial charge on any atom is 0.408 e. The summed E-state index contributed by atoms with van der Waals surface area (Å²) in [5.41, 5.74) is -2.92. The number of pyridine rings is 1. The number of nitrogens with zero attached hydrogens (tertiary/aromatic N) is 3. The molecule has 2 aromatic rings. The quantitative estimate of drug-likeness (QED) is 0.293. The molecule has 2 saturated carbocycles. The monoisotopic (exact) mass is 872 g/mol. The van der Waals surface area contributed by atoms with Crippen LogP contribution in [-0.4, -0.2) is 115 Å². The van der Waals surface area contributed by atoms with E-state index in [0.29, 0.717) is 70.7 Å². The average molecular weight is 873 g/mol. The lowest BCUT2D eigenvalue weighted by molar-refractivity contribution is -0.152. The van der Waals surface area contributed by atoms with Crippen molar-refractivity contribution in [2.24, 2.45) is 17.8 Å². The second-order valence-corrected chi connectivity index (χ2v) is 20.7. The normalized spacial score (nSPS) is 30.2. The van der Waals surface area contributed by atoms with Gasteiger partial charge in [-0.1, -0.05) is 44.2 Å². The first kappa shape index (κ1) is 44.5. The largest absolute Gasteiger partial charge is 0.472 e. The summed E-state index contributed by atoms with van der Waals surface area (Å²) in [6, 6.07) is 5.05. The van der Waals surface area contributed by atoms with Gasteiger partial charge in [0.25, 0.3) is 11.8 Å². The number of alkyl halides is 2. The number of hydrogen-bond acceptors (Lipinski definition) is 11. The highest BCUT2D eigenvalue weighted by atomic mass is 32.2. The molecule has 0 bridgehead atoms. The summed E-state index contributed by atoms with van der Waals surface area (Å²) in [5.74, 6) is -6.42. The highest BCUT2D eigenvalue weighted by molar-refractivity contribution is 7.91. The van der Waals surface area contributed by atoms with Gasteiger partial charge in [-0.05, 0) is 77.2 Å². The van der Waals surface area contributed by atoms with E-state index in [1.54, 1.807) is 20.0 Å². The number of rotatable bonds is 9. The SMILES string of the molecule is C[C@H]1CC/C=C\[C@@H]2C[C@@]2(C(=O)NS(=O)(=O)C2(C)CC2)NC(=O)[C@@H]2C[C@@H](Oc3ncc(N4CCOCC4)c4ccccc34)CN2C(=O)[C@@H](NC(=O)OC(C)(C)C(C)(F)F)[C@H](C)C1. The minimum Gasteiger partial charge on any atom is -0.472 e. The van der Waals surface area contributed by atoms with E-state index in [4.69, 9.17) is 19.2 Å². The zero-order valence-corrected chi connectivity index (χ0v) is 36.5. The first-order chi connectivity index (χ1) is 28.6. The Morgan fingerprint density at radius 2 is 1.74 bits per heavy atom. The van der Waals surface area contributed by atoms with Crippen LogP contribution in [0.25, 0.3) is 10.8 Å². The van der Waals surface area contributed by atoms with Crippen LogP contribution >= 0.6 is 0 Å². The molecule has 3 aliphatic heterocycles. The molecule has 2 saturated heterocycles. The summed E-state index contributed by atoms with van der Waals surface area (Å²) >= 11 is 0. The predicted octanol–water partition coefficient (Wildman–Crippen LogP) is 4.83. The van der Waals surface area contributed by atoms with Gasteiger partial charge in [0.2, 0.25) is 27.7 Å². The topological polar surface area (TPSA) is 186 Å². The number of anilines is 1. The second kappa shape index (κ2) is 16.6. The Kier molecular flexibility index (Phi) is 12.1. The third-order valence-corrected chi connectivity index (χ3v) is 15.5. The number of benzene rings is 1. The molecule has 0 spiro atoms. The van der Waals surface area contributed by atoms with Gasteiger partial charge < -0.3 is 34.6 Å². The van der Waals surface area contributed by atoms with Crippen molar-refractivity contribution in [3.63, 3.8) is 0 Å². The number of alkyl carbamates (subject to hydrolysis) is 1. The fraction of sp³-hybridized carbons (Fsp3) is 0.651. The lowest BCUT2D eigenvalue weighted by atomic mass is 9.88. The van der Waals surface area contributed by atoms with Crippen LogP contribution < -0.4 is 25.0 Å². The lowest BCUT2D eigenvalue weighted by Gasteiger charge is -2.35. The van der Waals surface area contributed by atoms with E-state index in [1.807, 2.05) is 43.3 Å². The number of hydrogen-bond donors (Lipinski definition) is 3. The van der Waals surface area contributed by atoms with Crippen LogP contribution in [0, 0.1) is 17.8 Å². The number of amides is 4. The van der Waals surface area contributed by atoms with Crippen LogP contribution in [0.4, 0.5) is 19.3 Å². The van der Waals surface area contributed by atoms with Gasteiger partial charge in [0, 0.05) is 43.1 Å². The van der Waals surface area contributed by atoms with Gasteiger partial charge in [0.05, 0.1) is 36.4 Å². The van der Waals surface area contributed by atoms with Crippen molar-refractivity contribution in [2.45, 2.75) is 126 Å². The molecule has 4 fully saturated rings. The van der Waals surface area contributed by atoms with Crippen LogP contribution in [0.1, 0.15) is 86.5 Å². The molecule has 3 N–H and O–H groups in total. The van der Waals surface area contributed by atoms with Gasteiger partial charge in [0.1, 0.15) is 23.7 Å². The first-order valence-electron chi connectivity index (χ1n) is 21.2. The molecule has 5 aliphatic rings. The third kappa shape index (κ3) is 9.16. The van der Waals surface area contributed by atoms with Gasteiger partial charge in [-0.3, -0.25) is 19.1 Å². The third-order valence-electron chi connectivity index (χ3n) is 13.3. The number of nitrogens with one attached hydrogen (secondary N) is 3. The number of aromatic nitrogens is 1. The fourth-order valence-corrected chi connectivity index (χ4v) is 9.85. The summed E-state index contributed by atoms with van der Waals surface area (Å²) in [6.45, 7) is 10.5. The molecule has 7 atom stereocenters. The van der Waals surface area contributed by atoms with E-state index in [2.05, 4.69) is 20.3 Å². The maximum absolute atomic E-state index is 14.9. The van der Waals surface area contributed by atoms with Crippen molar-refractivity contribution < 1.29 is 50.6 Å². The standard InChI is InChI=1S/C43H58F2N6O9S/c1-26-11-7-8-12-28-23-43(28,38(54)49-61(56,57)41(5)15-16-41)48-35(52)32-22-29(59-36-31-14-10-9-13-30(31)33(24-46-36)50-17-19-58-20-18-50)25-51(32)37(53)34(27(2)21-26)47-39(55)60-40(3,4)42(6,44)45/h8-10,12-14,24,26-29,32,34H,7,11,15-23,25H2,1-6H3,(H,47,55)(H,48,52)(H,49,54)/b12-8-/t26-,27+,28+,29+,32-,34-,43+/m0/s1. The number of allylic oxidation sites excluding steroid dienone is 1. The molecule has 61 heavy (non-hydrogen) atoms. The van der Waals surface area contributed by atoms with E-state index < -0.39 is 85.7 Å². The molecule has 2 aliphatic carbocycles. The molecule has 1 aromatic heterocycles. The Bertz CT molecular complexity index is 2170. The average Bonchev–Trinajstić information content (AvgIpc) is 4.08. The van der Waals surface area contributed by atoms with E-state index in [9.17, 15) is 36.4 Å².